The molecule has 4 N–H and O–H groups in total. The number of carbonyl (C=O) groups excluding carboxylic acids is 1. The summed E-state index contributed by atoms with van der Waals surface area (Å²) in [7, 11) is 3.16. The van der Waals surface area contributed by atoms with Gasteiger partial charge in [0.05, 0.1) is 14.2 Å². The summed E-state index contributed by atoms with van der Waals surface area (Å²) in [4.78, 5) is 10.8. The first kappa shape index (κ1) is 14.3. The maximum Gasteiger partial charge on any atom is 0.217 e. The number of amides is 1. The van der Waals surface area contributed by atoms with Gasteiger partial charge < -0.3 is 20.9 Å². The zero-order valence-electron chi connectivity index (χ0n) is 11.0. The lowest BCUT2D eigenvalue weighted by molar-refractivity contribution is -0.118. The van der Waals surface area contributed by atoms with E-state index in [1.54, 1.807) is 14.2 Å². The van der Waals surface area contributed by atoms with Crippen LogP contribution in [0, 0.1) is 6.92 Å². The van der Waals surface area contributed by atoms with E-state index in [0.29, 0.717) is 17.9 Å². The Morgan fingerprint density at radius 1 is 1.28 bits per heavy atom. The van der Waals surface area contributed by atoms with Crippen LogP contribution >= 0.6 is 0 Å². The van der Waals surface area contributed by atoms with E-state index in [0.717, 1.165) is 11.1 Å². The summed E-state index contributed by atoms with van der Waals surface area (Å²) in [6, 6.07) is 3.48. The second-order valence-electron chi connectivity index (χ2n) is 4.18. The first-order valence-electron chi connectivity index (χ1n) is 5.76. The minimum absolute atomic E-state index is 0.239. The number of carbonyl (C=O) groups is 1. The van der Waals surface area contributed by atoms with Gasteiger partial charge in [-0.1, -0.05) is 0 Å². The Bertz CT molecular complexity index is 432. The number of primary amides is 1. The van der Waals surface area contributed by atoms with Crippen molar-refractivity contribution in [2.75, 3.05) is 14.2 Å². The fourth-order valence-electron chi connectivity index (χ4n) is 1.85. The lowest BCUT2D eigenvalue weighted by atomic mass is 9.97. The molecule has 100 valence electrons. The maximum atomic E-state index is 10.8. The number of hydrogen-bond donors (Lipinski definition) is 2. The van der Waals surface area contributed by atoms with Crippen LogP contribution in [-0.2, 0) is 4.79 Å². The molecule has 1 atom stereocenters. The summed E-state index contributed by atoms with van der Waals surface area (Å²) in [6.45, 7) is 1.95. The van der Waals surface area contributed by atoms with E-state index in [9.17, 15) is 4.79 Å². The molecule has 1 aromatic rings. The Labute approximate surface area is 107 Å². The largest absolute Gasteiger partial charge is 0.493 e. The Balaban J connectivity index is 2.97. The Hall–Kier alpha value is -1.75. The van der Waals surface area contributed by atoms with E-state index < -0.39 is 0 Å². The molecule has 1 aromatic carbocycles. The van der Waals surface area contributed by atoms with Gasteiger partial charge in [0.1, 0.15) is 0 Å². The van der Waals surface area contributed by atoms with Crippen molar-refractivity contribution in [1.29, 1.82) is 0 Å². The zero-order chi connectivity index (χ0) is 13.7. The van der Waals surface area contributed by atoms with Crippen LogP contribution in [0.15, 0.2) is 12.1 Å². The minimum atomic E-state index is -0.344. The zero-order valence-corrected chi connectivity index (χ0v) is 11.0. The highest BCUT2D eigenvalue weighted by molar-refractivity contribution is 5.73. The van der Waals surface area contributed by atoms with Gasteiger partial charge in [0, 0.05) is 12.5 Å². The van der Waals surface area contributed by atoms with Crippen molar-refractivity contribution in [3.05, 3.63) is 23.3 Å². The van der Waals surface area contributed by atoms with Crippen molar-refractivity contribution < 1.29 is 14.3 Å². The number of hydrogen-bond acceptors (Lipinski definition) is 4. The van der Waals surface area contributed by atoms with Crippen LogP contribution < -0.4 is 20.9 Å². The number of methoxy groups -OCH3 is 2. The number of benzene rings is 1. The van der Waals surface area contributed by atoms with Crippen LogP contribution in [-0.4, -0.2) is 20.1 Å². The van der Waals surface area contributed by atoms with Gasteiger partial charge >= 0.3 is 0 Å². The molecule has 0 saturated heterocycles. The van der Waals surface area contributed by atoms with Crippen molar-refractivity contribution in [3.63, 3.8) is 0 Å². The fourth-order valence-corrected chi connectivity index (χ4v) is 1.85. The lowest BCUT2D eigenvalue weighted by Gasteiger charge is -2.17. The highest BCUT2D eigenvalue weighted by Gasteiger charge is 2.14. The third-order valence-electron chi connectivity index (χ3n) is 2.87. The van der Waals surface area contributed by atoms with Gasteiger partial charge in [0.2, 0.25) is 5.91 Å². The smallest absolute Gasteiger partial charge is 0.217 e. The fraction of sp³-hybridized carbons (Fsp3) is 0.462. The summed E-state index contributed by atoms with van der Waals surface area (Å²) in [5.74, 6) is 0.956. The molecule has 0 fully saturated rings. The normalized spacial score (nSPS) is 12.0. The van der Waals surface area contributed by atoms with E-state index in [4.69, 9.17) is 20.9 Å². The second-order valence-corrected chi connectivity index (χ2v) is 4.18. The molecule has 18 heavy (non-hydrogen) atoms. The molecule has 1 amide bonds. The minimum Gasteiger partial charge on any atom is -0.493 e. The first-order valence-corrected chi connectivity index (χ1v) is 5.76. The van der Waals surface area contributed by atoms with Crippen molar-refractivity contribution in [2.24, 2.45) is 11.5 Å². The molecule has 1 unspecified atom stereocenters. The third kappa shape index (κ3) is 3.37. The van der Waals surface area contributed by atoms with Crippen LogP contribution in [0.4, 0.5) is 0 Å². The van der Waals surface area contributed by atoms with Gasteiger partial charge in [-0.15, -0.1) is 0 Å². The Kier molecular flexibility index (Phi) is 4.97. The van der Waals surface area contributed by atoms with E-state index in [2.05, 4.69) is 0 Å². The summed E-state index contributed by atoms with van der Waals surface area (Å²) in [5.41, 5.74) is 13.1. The molecule has 0 radical (unpaired) electrons. The van der Waals surface area contributed by atoms with E-state index in [1.807, 2.05) is 19.1 Å². The van der Waals surface area contributed by atoms with Crippen LogP contribution in [0.3, 0.4) is 0 Å². The molecule has 0 aliphatic rings. The summed E-state index contributed by atoms with van der Waals surface area (Å²) in [5, 5.41) is 0. The Morgan fingerprint density at radius 3 is 2.33 bits per heavy atom. The van der Waals surface area contributed by atoms with E-state index in [-0.39, 0.29) is 18.4 Å². The van der Waals surface area contributed by atoms with E-state index >= 15 is 0 Å². The Morgan fingerprint density at radius 2 is 1.83 bits per heavy atom. The molecule has 0 spiro atoms. The molecule has 0 heterocycles. The number of rotatable bonds is 6. The van der Waals surface area contributed by atoms with Crippen LogP contribution in [0.5, 0.6) is 11.5 Å². The number of aryl methyl sites for hydroxylation is 1. The van der Waals surface area contributed by atoms with Crippen molar-refractivity contribution in [3.8, 4) is 11.5 Å². The molecular formula is C13H20N2O3. The molecule has 0 bridgehead atoms. The van der Waals surface area contributed by atoms with Crippen molar-refractivity contribution >= 4 is 5.91 Å². The molecule has 1 rings (SSSR count). The summed E-state index contributed by atoms with van der Waals surface area (Å²) in [6.07, 6.45) is 0.792. The molecule has 5 heteroatoms. The SMILES string of the molecule is COc1cc(C)c(C(N)CCC(N)=O)cc1OC. The highest BCUT2D eigenvalue weighted by Crippen LogP contribution is 2.33. The first-order chi connectivity index (χ1) is 8.49. The predicted octanol–water partition coefficient (Wildman–Crippen LogP) is 1.28. The van der Waals surface area contributed by atoms with Gasteiger partial charge in [0.15, 0.2) is 11.5 Å². The van der Waals surface area contributed by atoms with Gasteiger partial charge in [-0.25, -0.2) is 0 Å². The lowest BCUT2D eigenvalue weighted by Crippen LogP contribution is -2.17. The van der Waals surface area contributed by atoms with Crippen molar-refractivity contribution in [1.82, 2.24) is 0 Å². The monoisotopic (exact) mass is 252 g/mol. The quantitative estimate of drug-likeness (QED) is 0.798. The highest BCUT2D eigenvalue weighted by atomic mass is 16.5. The molecule has 0 aromatic heterocycles. The molecule has 0 aliphatic carbocycles. The number of ether oxygens (including phenoxy) is 2. The van der Waals surface area contributed by atoms with Crippen LogP contribution in [0.2, 0.25) is 0 Å². The molecule has 5 nitrogen and oxygen atoms in total. The number of nitrogens with two attached hydrogens (primary N) is 2. The molecule has 0 aliphatic heterocycles. The second kappa shape index (κ2) is 6.26. The van der Waals surface area contributed by atoms with Crippen LogP contribution in [0.25, 0.3) is 0 Å². The third-order valence-corrected chi connectivity index (χ3v) is 2.87. The van der Waals surface area contributed by atoms with Crippen LogP contribution in [0.1, 0.15) is 30.0 Å². The maximum absolute atomic E-state index is 10.8. The summed E-state index contributed by atoms with van der Waals surface area (Å²) >= 11 is 0. The molecular weight excluding hydrogens is 232 g/mol. The van der Waals surface area contributed by atoms with Gasteiger partial charge in [0.25, 0.3) is 0 Å². The van der Waals surface area contributed by atoms with Gasteiger partial charge in [-0.2, -0.15) is 0 Å². The van der Waals surface area contributed by atoms with Gasteiger partial charge in [-0.3, -0.25) is 4.79 Å². The standard InChI is InChI=1S/C13H20N2O3/c1-8-6-11(17-2)12(18-3)7-9(8)10(14)4-5-13(15)16/h6-7,10H,4-5,14H2,1-3H3,(H2,15,16). The van der Waals surface area contributed by atoms with Gasteiger partial charge in [-0.05, 0) is 36.6 Å². The summed E-state index contributed by atoms with van der Waals surface area (Å²) < 4.78 is 10.4. The topological polar surface area (TPSA) is 87.6 Å². The average molecular weight is 252 g/mol. The molecule has 0 saturated carbocycles. The predicted molar refractivity (Wildman–Crippen MR) is 69.6 cm³/mol. The van der Waals surface area contributed by atoms with Crippen molar-refractivity contribution in [2.45, 2.75) is 25.8 Å². The van der Waals surface area contributed by atoms with E-state index in [1.165, 1.54) is 0 Å². The average Bonchev–Trinajstić information content (AvgIpc) is 2.35.